The summed E-state index contributed by atoms with van der Waals surface area (Å²) in [5.41, 5.74) is 0.664. The molecule has 2 N–H and O–H groups in total. The average Bonchev–Trinajstić information content (AvgIpc) is 3.33. The smallest absolute Gasteiger partial charge is 0.405 e. The van der Waals surface area contributed by atoms with E-state index in [4.69, 9.17) is 4.74 Å². The van der Waals surface area contributed by atoms with E-state index in [0.717, 1.165) is 35.5 Å². The van der Waals surface area contributed by atoms with Crippen LogP contribution in [0.25, 0.3) is 11.8 Å². The first-order chi connectivity index (χ1) is 21.1. The number of benzene rings is 2. The molecule has 1 fully saturated rings. The van der Waals surface area contributed by atoms with Gasteiger partial charge < -0.3 is 20.3 Å². The zero-order valence-corrected chi connectivity index (χ0v) is 24.7. The average molecular weight is 629 g/mol. The van der Waals surface area contributed by atoms with Crippen LogP contribution >= 0.6 is 11.3 Å². The molecule has 10 nitrogen and oxygen atoms in total. The zero-order chi connectivity index (χ0) is 31.7. The molecule has 1 aromatic heterocycles. The molecule has 0 spiro atoms. The van der Waals surface area contributed by atoms with Crippen molar-refractivity contribution in [3.05, 3.63) is 79.7 Å². The summed E-state index contributed by atoms with van der Waals surface area (Å²) < 4.78 is 44.6. The molecular weight excluding hydrogens is 597 g/mol. The van der Waals surface area contributed by atoms with Crippen molar-refractivity contribution in [1.29, 1.82) is 5.26 Å². The standard InChI is InChI=1S/C30H31F3N6O4S/c1-2-39-28(42)25(44-29(39)24(16-34)27(41)36-20-30(31,32)33)17-35-22-9-6-10-23(15-22)43-19-26(40)38-13-11-37(12-14-38)18-21-7-4-3-5-8-21/h3-10,15,17,35H,2,11-14,18-20H2,1H3,(H,36,41). The Hall–Kier alpha value is -4.61. The van der Waals surface area contributed by atoms with Crippen LogP contribution in [0.1, 0.15) is 12.5 Å². The minimum absolute atomic E-state index is 0.0516. The van der Waals surface area contributed by atoms with E-state index in [1.165, 1.54) is 11.8 Å². The third-order valence-corrected chi connectivity index (χ3v) is 7.90. The SMILES string of the molecule is CCn1c(=C(C#N)C(=O)NCC(F)(F)F)sc(=CNc2cccc(OCC(=O)N3CCN(Cc4ccccc4)CC3)c2)c1=O. The molecule has 44 heavy (non-hydrogen) atoms. The van der Waals surface area contributed by atoms with Gasteiger partial charge in [0, 0.05) is 57.2 Å². The lowest BCUT2D eigenvalue weighted by molar-refractivity contribution is -0.135. The molecule has 1 aliphatic rings. The van der Waals surface area contributed by atoms with Gasteiger partial charge in [-0.15, -0.1) is 11.3 Å². The summed E-state index contributed by atoms with van der Waals surface area (Å²) in [6.45, 7) is 3.57. The number of nitrogens with one attached hydrogen (secondary N) is 2. The van der Waals surface area contributed by atoms with Gasteiger partial charge in [-0.1, -0.05) is 36.4 Å². The topological polar surface area (TPSA) is 120 Å². The van der Waals surface area contributed by atoms with Gasteiger partial charge in [0.15, 0.2) is 12.2 Å². The highest BCUT2D eigenvalue weighted by Gasteiger charge is 2.29. The van der Waals surface area contributed by atoms with Crippen LogP contribution in [-0.2, 0) is 22.7 Å². The van der Waals surface area contributed by atoms with Gasteiger partial charge in [0.25, 0.3) is 17.4 Å². The second kappa shape index (κ2) is 14.7. The largest absolute Gasteiger partial charge is 0.484 e. The maximum Gasteiger partial charge on any atom is 0.405 e. The van der Waals surface area contributed by atoms with E-state index in [1.54, 1.807) is 47.5 Å². The fraction of sp³-hybridized carbons (Fsp3) is 0.333. The number of ether oxygens (including phenoxy) is 1. The fourth-order valence-corrected chi connectivity index (χ4v) is 5.60. The van der Waals surface area contributed by atoms with Gasteiger partial charge in [-0.05, 0) is 24.6 Å². The number of thiazole rings is 1. The summed E-state index contributed by atoms with van der Waals surface area (Å²) >= 11 is 0.805. The van der Waals surface area contributed by atoms with Crippen molar-refractivity contribution >= 4 is 40.6 Å². The van der Waals surface area contributed by atoms with E-state index in [9.17, 15) is 32.8 Å². The molecule has 232 valence electrons. The Kier molecular flexibility index (Phi) is 10.8. The lowest BCUT2D eigenvalue weighted by Crippen LogP contribution is -2.49. The highest BCUT2D eigenvalue weighted by Crippen LogP contribution is 2.18. The minimum Gasteiger partial charge on any atom is -0.484 e. The Morgan fingerprint density at radius 3 is 2.48 bits per heavy atom. The van der Waals surface area contributed by atoms with Crippen molar-refractivity contribution in [2.75, 3.05) is 44.6 Å². The number of aromatic nitrogens is 1. The second-order valence-electron chi connectivity index (χ2n) is 9.85. The van der Waals surface area contributed by atoms with Gasteiger partial charge in [-0.3, -0.25) is 23.9 Å². The minimum atomic E-state index is -4.65. The van der Waals surface area contributed by atoms with Crippen molar-refractivity contribution in [3.63, 3.8) is 0 Å². The highest BCUT2D eigenvalue weighted by molar-refractivity contribution is 7.07. The Morgan fingerprint density at radius 1 is 1.09 bits per heavy atom. The van der Waals surface area contributed by atoms with E-state index in [1.807, 2.05) is 18.2 Å². The molecule has 14 heteroatoms. The van der Waals surface area contributed by atoms with Crippen LogP contribution in [0.3, 0.4) is 0 Å². The number of alkyl halides is 3. The number of nitrogens with zero attached hydrogens (tertiary/aromatic N) is 4. The van der Waals surface area contributed by atoms with Crippen LogP contribution < -0.4 is 30.1 Å². The quantitative estimate of drug-likeness (QED) is 0.352. The van der Waals surface area contributed by atoms with E-state index in [0.29, 0.717) is 24.5 Å². The highest BCUT2D eigenvalue weighted by atomic mass is 32.1. The van der Waals surface area contributed by atoms with Crippen molar-refractivity contribution in [2.45, 2.75) is 26.2 Å². The van der Waals surface area contributed by atoms with Crippen molar-refractivity contribution in [2.24, 2.45) is 0 Å². The molecule has 3 aromatic rings. The molecule has 0 aliphatic carbocycles. The summed E-state index contributed by atoms with van der Waals surface area (Å²) in [6.07, 6.45) is -3.27. The van der Waals surface area contributed by atoms with Crippen molar-refractivity contribution in [3.8, 4) is 11.8 Å². The molecular formula is C30H31F3N6O4S. The number of carbonyl (C=O) groups is 2. The first kappa shape index (κ1) is 32.3. The molecule has 2 heterocycles. The lowest BCUT2D eigenvalue weighted by Gasteiger charge is -2.34. The maximum absolute atomic E-state index is 12.9. The summed E-state index contributed by atoms with van der Waals surface area (Å²) in [4.78, 5) is 42.0. The van der Waals surface area contributed by atoms with E-state index >= 15 is 0 Å². The third-order valence-electron chi connectivity index (χ3n) is 6.77. The van der Waals surface area contributed by atoms with Gasteiger partial charge in [-0.25, -0.2) is 0 Å². The van der Waals surface area contributed by atoms with Gasteiger partial charge in [0.05, 0.1) is 0 Å². The molecule has 4 rings (SSSR count). The molecule has 2 aromatic carbocycles. The molecule has 2 amide bonds. The van der Waals surface area contributed by atoms with Crippen LogP contribution in [0.2, 0.25) is 0 Å². The third kappa shape index (κ3) is 8.71. The number of piperazine rings is 1. The van der Waals surface area contributed by atoms with E-state index < -0.39 is 29.8 Å². The zero-order valence-electron chi connectivity index (χ0n) is 23.9. The van der Waals surface area contributed by atoms with Crippen molar-refractivity contribution in [1.82, 2.24) is 19.7 Å². The maximum atomic E-state index is 12.9. The molecule has 0 bridgehead atoms. The second-order valence-corrected chi connectivity index (χ2v) is 10.9. The van der Waals surface area contributed by atoms with Crippen LogP contribution in [0.15, 0.2) is 59.4 Å². The number of rotatable bonds is 10. The van der Waals surface area contributed by atoms with E-state index in [2.05, 4.69) is 22.3 Å². The predicted molar refractivity (Wildman–Crippen MR) is 160 cm³/mol. The van der Waals surface area contributed by atoms with Crippen molar-refractivity contribution < 1.29 is 27.5 Å². The monoisotopic (exact) mass is 628 g/mol. The number of hydrogen-bond donors (Lipinski definition) is 2. The Labute approximate surface area is 255 Å². The first-order valence-corrected chi connectivity index (χ1v) is 14.6. The van der Waals surface area contributed by atoms with Gasteiger partial charge in [0.1, 0.15) is 27.6 Å². The number of anilines is 1. The van der Waals surface area contributed by atoms with Crippen LogP contribution in [0, 0.1) is 11.3 Å². The summed E-state index contributed by atoms with van der Waals surface area (Å²) in [6, 6.07) is 18.5. The number of halogens is 3. The molecule has 1 aliphatic heterocycles. The Balaban J connectivity index is 1.38. The molecule has 0 saturated carbocycles. The van der Waals surface area contributed by atoms with Crippen LogP contribution in [0.5, 0.6) is 5.75 Å². The Morgan fingerprint density at radius 2 is 1.82 bits per heavy atom. The summed E-state index contributed by atoms with van der Waals surface area (Å²) in [5.74, 6) is -0.913. The normalized spacial score (nSPS) is 15.0. The number of amides is 2. The van der Waals surface area contributed by atoms with Gasteiger partial charge in [-0.2, -0.15) is 18.4 Å². The van der Waals surface area contributed by atoms with Gasteiger partial charge >= 0.3 is 6.18 Å². The van der Waals surface area contributed by atoms with Gasteiger partial charge in [0.2, 0.25) is 0 Å². The first-order valence-electron chi connectivity index (χ1n) is 13.8. The van der Waals surface area contributed by atoms with E-state index in [-0.39, 0.29) is 28.3 Å². The Bertz CT molecular complexity index is 1690. The molecule has 0 unspecified atom stereocenters. The lowest BCUT2D eigenvalue weighted by atomic mass is 10.2. The number of nitriles is 1. The molecule has 1 saturated heterocycles. The summed E-state index contributed by atoms with van der Waals surface area (Å²) in [7, 11) is 0. The molecule has 0 radical (unpaired) electrons. The number of hydrogen-bond acceptors (Lipinski definition) is 8. The van der Waals surface area contributed by atoms with Crippen LogP contribution in [-0.4, -0.2) is 71.7 Å². The fourth-order valence-electron chi connectivity index (χ4n) is 4.52. The predicted octanol–water partition coefficient (Wildman–Crippen LogP) is 1.86. The summed E-state index contributed by atoms with van der Waals surface area (Å²) in [5, 5.41) is 14.1. The van der Waals surface area contributed by atoms with Crippen LogP contribution in [0.4, 0.5) is 18.9 Å². The number of carbonyl (C=O) groups excluding carboxylic acids is 2. The molecule has 0 atom stereocenters.